The zero-order valence-electron chi connectivity index (χ0n) is 17.4. The van der Waals surface area contributed by atoms with Gasteiger partial charge in [-0.05, 0) is 53.6 Å². The lowest BCUT2D eigenvalue weighted by Gasteiger charge is -2.13. The van der Waals surface area contributed by atoms with Gasteiger partial charge >= 0.3 is 0 Å². The average molecular weight is 472 g/mol. The fourth-order valence-electron chi connectivity index (χ4n) is 3.54. The minimum Gasteiger partial charge on any atom is -0.340 e. The van der Waals surface area contributed by atoms with Crippen LogP contribution >= 0.6 is 11.6 Å². The molecule has 0 aliphatic heterocycles. The molecule has 166 valence electrons. The van der Waals surface area contributed by atoms with Gasteiger partial charge in [-0.1, -0.05) is 29.8 Å². The Morgan fingerprint density at radius 3 is 2.50 bits per heavy atom. The van der Waals surface area contributed by atoms with Crippen molar-refractivity contribution in [1.29, 1.82) is 0 Å². The zero-order valence-corrected chi connectivity index (χ0v) is 18.2. The van der Waals surface area contributed by atoms with Crippen LogP contribution < -0.4 is 5.32 Å². The van der Waals surface area contributed by atoms with Crippen molar-refractivity contribution in [3.63, 3.8) is 0 Å². The van der Waals surface area contributed by atoms with E-state index in [0.717, 1.165) is 11.1 Å². The fraction of sp³-hybridized carbons (Fsp3) is 0. The summed E-state index contributed by atoms with van der Waals surface area (Å²) in [6, 6.07) is 19.9. The highest BCUT2D eigenvalue weighted by atomic mass is 35.5. The van der Waals surface area contributed by atoms with E-state index in [1.165, 1.54) is 24.3 Å². The predicted molar refractivity (Wildman–Crippen MR) is 130 cm³/mol. The van der Waals surface area contributed by atoms with Gasteiger partial charge in [-0.25, -0.2) is 14.4 Å². The van der Waals surface area contributed by atoms with Crippen LogP contribution in [0.3, 0.4) is 0 Å². The molecule has 5 rings (SSSR count). The van der Waals surface area contributed by atoms with Gasteiger partial charge in [0.2, 0.25) is 0 Å². The van der Waals surface area contributed by atoms with Crippen molar-refractivity contribution in [2.45, 2.75) is 0 Å². The molecular weight excluding hydrogens is 457 g/mol. The number of hydrogen-bond acceptors (Lipinski definition) is 6. The number of anilines is 2. The van der Waals surface area contributed by atoms with E-state index in [2.05, 4.69) is 15.3 Å². The summed E-state index contributed by atoms with van der Waals surface area (Å²) in [6.45, 7) is 0. The first-order valence-corrected chi connectivity index (χ1v) is 10.5. The highest BCUT2D eigenvalue weighted by Gasteiger charge is 2.14. The molecule has 9 heteroatoms. The zero-order chi connectivity index (χ0) is 23.7. The van der Waals surface area contributed by atoms with Crippen LogP contribution in [0.5, 0.6) is 0 Å². The number of pyridine rings is 1. The molecule has 0 aliphatic carbocycles. The van der Waals surface area contributed by atoms with E-state index in [-0.39, 0.29) is 10.7 Å². The first-order valence-electron chi connectivity index (χ1n) is 10.2. The van der Waals surface area contributed by atoms with E-state index in [4.69, 9.17) is 16.6 Å². The molecule has 2 heterocycles. The molecule has 5 aromatic rings. The lowest BCUT2D eigenvalue weighted by molar-refractivity contribution is -0.384. The van der Waals surface area contributed by atoms with Crippen LogP contribution in [0, 0.1) is 15.9 Å². The second kappa shape index (κ2) is 8.84. The Hall–Kier alpha value is -4.43. The molecule has 0 saturated carbocycles. The Kier molecular flexibility index (Phi) is 5.57. The second-order valence-electron chi connectivity index (χ2n) is 7.43. The van der Waals surface area contributed by atoms with Gasteiger partial charge in [0.05, 0.1) is 15.5 Å². The van der Waals surface area contributed by atoms with Crippen molar-refractivity contribution in [3.8, 4) is 22.5 Å². The number of benzene rings is 3. The third kappa shape index (κ3) is 4.26. The highest BCUT2D eigenvalue weighted by Crippen LogP contribution is 2.32. The van der Waals surface area contributed by atoms with Crippen molar-refractivity contribution in [2.75, 3.05) is 5.32 Å². The Bertz CT molecular complexity index is 1550. The number of nitrogens with one attached hydrogen (secondary N) is 1. The molecule has 0 amide bonds. The number of hydrogen-bond donors (Lipinski definition) is 1. The minimum atomic E-state index is -0.524. The maximum atomic E-state index is 13.7. The summed E-state index contributed by atoms with van der Waals surface area (Å²) in [5, 5.41) is 15.1. The molecule has 1 N–H and O–H groups in total. The Labute approximate surface area is 198 Å². The van der Waals surface area contributed by atoms with Gasteiger partial charge < -0.3 is 5.32 Å². The lowest BCUT2D eigenvalue weighted by atomic mass is 10.0. The number of non-ortho nitro benzene ring substituents is 1. The van der Waals surface area contributed by atoms with Crippen molar-refractivity contribution < 1.29 is 9.31 Å². The fourth-order valence-corrected chi connectivity index (χ4v) is 3.72. The van der Waals surface area contributed by atoms with Crippen molar-refractivity contribution in [2.24, 2.45) is 0 Å². The first kappa shape index (κ1) is 21.4. The van der Waals surface area contributed by atoms with Gasteiger partial charge in [-0.3, -0.25) is 15.1 Å². The van der Waals surface area contributed by atoms with Gasteiger partial charge in [0, 0.05) is 41.2 Å². The molecule has 0 spiro atoms. The number of nitrogens with zero attached hydrogens (tertiary/aromatic N) is 4. The molecular formula is C25H15ClFN5O2. The van der Waals surface area contributed by atoms with Crippen LogP contribution in [0.25, 0.3) is 33.4 Å². The Morgan fingerprint density at radius 1 is 0.912 bits per heavy atom. The van der Waals surface area contributed by atoms with E-state index >= 15 is 0 Å². The Morgan fingerprint density at radius 2 is 1.74 bits per heavy atom. The largest absolute Gasteiger partial charge is 0.340 e. The SMILES string of the molecule is O=[N+]([O-])c1cccc(-c2ccc3nc(-c4cccnc4)nc(Nc4ccc(F)c(Cl)c4)c3c2)c1. The normalized spacial score (nSPS) is 10.9. The lowest BCUT2D eigenvalue weighted by Crippen LogP contribution is -2.00. The summed E-state index contributed by atoms with van der Waals surface area (Å²) >= 11 is 5.96. The quantitative estimate of drug-likeness (QED) is 0.224. The molecule has 0 atom stereocenters. The maximum absolute atomic E-state index is 13.7. The number of nitro benzene ring substituents is 1. The van der Waals surface area contributed by atoms with E-state index in [1.807, 2.05) is 24.3 Å². The van der Waals surface area contributed by atoms with Crippen LogP contribution in [-0.4, -0.2) is 19.9 Å². The van der Waals surface area contributed by atoms with Gasteiger partial charge in [0.25, 0.3) is 5.69 Å². The number of fused-ring (bicyclic) bond motifs is 1. The third-order valence-electron chi connectivity index (χ3n) is 5.19. The maximum Gasteiger partial charge on any atom is 0.270 e. The number of rotatable bonds is 5. The van der Waals surface area contributed by atoms with E-state index < -0.39 is 10.7 Å². The summed E-state index contributed by atoms with van der Waals surface area (Å²) in [7, 11) is 0. The molecule has 34 heavy (non-hydrogen) atoms. The average Bonchev–Trinajstić information content (AvgIpc) is 2.86. The van der Waals surface area contributed by atoms with Crippen molar-refractivity contribution in [1.82, 2.24) is 15.0 Å². The minimum absolute atomic E-state index is 0.0000694. The molecule has 0 fully saturated rings. The molecule has 0 saturated heterocycles. The molecule has 2 aromatic heterocycles. The summed E-state index contributed by atoms with van der Waals surface area (Å²) in [6.07, 6.45) is 3.33. The molecule has 7 nitrogen and oxygen atoms in total. The van der Waals surface area contributed by atoms with Crippen LogP contribution in [0.1, 0.15) is 0 Å². The number of aromatic nitrogens is 3. The molecule has 0 aliphatic rings. The van der Waals surface area contributed by atoms with Crippen LogP contribution in [0.15, 0.2) is 85.2 Å². The molecule has 0 unspecified atom stereocenters. The standard InChI is InChI=1S/C25H15ClFN5O2/c26-21-13-18(7-8-22(21)27)29-25-20-12-16(15-3-1-5-19(11-15)32(33)34)6-9-23(20)30-24(31-25)17-4-2-10-28-14-17/h1-14H,(H,29,30,31). The van der Waals surface area contributed by atoms with Crippen LogP contribution in [-0.2, 0) is 0 Å². The van der Waals surface area contributed by atoms with Crippen molar-refractivity contribution in [3.05, 3.63) is 106 Å². The predicted octanol–water partition coefficient (Wildman–Crippen LogP) is 6.80. The topological polar surface area (TPSA) is 93.8 Å². The summed E-state index contributed by atoms with van der Waals surface area (Å²) in [4.78, 5) is 24.3. The van der Waals surface area contributed by atoms with Gasteiger partial charge in [0.15, 0.2) is 5.82 Å². The van der Waals surface area contributed by atoms with Crippen molar-refractivity contribution >= 4 is 39.7 Å². The van der Waals surface area contributed by atoms with E-state index in [1.54, 1.807) is 36.7 Å². The molecule has 0 radical (unpaired) electrons. The van der Waals surface area contributed by atoms with Gasteiger partial charge in [-0.15, -0.1) is 0 Å². The third-order valence-corrected chi connectivity index (χ3v) is 5.48. The molecule has 0 bridgehead atoms. The molecule has 3 aromatic carbocycles. The van der Waals surface area contributed by atoms with Gasteiger partial charge in [0.1, 0.15) is 11.6 Å². The van der Waals surface area contributed by atoms with Gasteiger partial charge in [-0.2, -0.15) is 0 Å². The monoisotopic (exact) mass is 471 g/mol. The van der Waals surface area contributed by atoms with Crippen LogP contribution in [0.2, 0.25) is 5.02 Å². The Balaban J connectivity index is 1.67. The first-order chi connectivity index (χ1) is 16.5. The van der Waals surface area contributed by atoms with E-state index in [9.17, 15) is 14.5 Å². The van der Waals surface area contributed by atoms with Crippen LogP contribution in [0.4, 0.5) is 21.6 Å². The van der Waals surface area contributed by atoms with E-state index in [0.29, 0.717) is 33.8 Å². The summed E-state index contributed by atoms with van der Waals surface area (Å²) < 4.78 is 13.7. The smallest absolute Gasteiger partial charge is 0.270 e. The number of halogens is 2. The number of nitro groups is 1. The highest BCUT2D eigenvalue weighted by molar-refractivity contribution is 6.31. The summed E-state index contributed by atoms with van der Waals surface area (Å²) in [5.41, 5.74) is 3.37. The second-order valence-corrected chi connectivity index (χ2v) is 7.84. The summed E-state index contributed by atoms with van der Waals surface area (Å²) in [5.74, 6) is 0.405.